The van der Waals surface area contributed by atoms with Crippen LogP contribution in [0.5, 0.6) is 5.75 Å². The van der Waals surface area contributed by atoms with Crippen LogP contribution >= 0.6 is 0 Å². The van der Waals surface area contributed by atoms with Gasteiger partial charge in [0, 0.05) is 12.2 Å². The maximum Gasteiger partial charge on any atom is 0.408 e. The first-order chi connectivity index (χ1) is 17.9. The van der Waals surface area contributed by atoms with Crippen molar-refractivity contribution in [1.82, 2.24) is 10.2 Å². The van der Waals surface area contributed by atoms with Crippen LogP contribution in [0.3, 0.4) is 0 Å². The molecule has 3 unspecified atom stereocenters. The van der Waals surface area contributed by atoms with Crippen LogP contribution < -0.4 is 15.4 Å². The highest BCUT2D eigenvalue weighted by Crippen LogP contribution is 2.27. The van der Waals surface area contributed by atoms with Crippen LogP contribution in [-0.4, -0.2) is 48.1 Å². The molecule has 0 spiro atoms. The minimum absolute atomic E-state index is 0.183. The molecule has 0 saturated heterocycles. The van der Waals surface area contributed by atoms with Crippen LogP contribution in [0.4, 0.5) is 10.5 Å². The Kier molecular flexibility index (Phi) is 11.2. The summed E-state index contributed by atoms with van der Waals surface area (Å²) in [5.41, 5.74) is 1.54. The maximum atomic E-state index is 14.1. The summed E-state index contributed by atoms with van der Waals surface area (Å²) in [5, 5.41) is 5.74. The molecule has 2 aromatic rings. The van der Waals surface area contributed by atoms with Crippen molar-refractivity contribution < 1.29 is 23.9 Å². The number of aryl methyl sites for hydroxylation is 1. The summed E-state index contributed by atoms with van der Waals surface area (Å²) in [6.45, 7) is 13.4. The lowest BCUT2D eigenvalue weighted by Crippen LogP contribution is -2.54. The van der Waals surface area contributed by atoms with E-state index in [1.165, 1.54) is 0 Å². The Morgan fingerprint density at radius 3 is 2.21 bits per heavy atom. The molecule has 0 aliphatic carbocycles. The van der Waals surface area contributed by atoms with E-state index in [-0.39, 0.29) is 17.7 Å². The quantitative estimate of drug-likeness (QED) is 0.383. The van der Waals surface area contributed by atoms with Crippen LogP contribution in [-0.2, 0) is 14.3 Å². The number of nitrogens with zero attached hydrogens (tertiary/aromatic N) is 1. The summed E-state index contributed by atoms with van der Waals surface area (Å²) in [4.78, 5) is 42.2. The second-order valence-corrected chi connectivity index (χ2v) is 10.6. The van der Waals surface area contributed by atoms with Gasteiger partial charge in [-0.05, 0) is 69.9 Å². The van der Waals surface area contributed by atoms with E-state index in [4.69, 9.17) is 9.47 Å². The van der Waals surface area contributed by atoms with Gasteiger partial charge in [0.1, 0.15) is 23.4 Å². The van der Waals surface area contributed by atoms with E-state index < -0.39 is 23.8 Å². The second kappa shape index (κ2) is 13.8. The molecule has 0 radical (unpaired) electrons. The van der Waals surface area contributed by atoms with Gasteiger partial charge in [-0.2, -0.15) is 0 Å². The third-order valence-electron chi connectivity index (χ3n) is 6.17. The number of benzene rings is 2. The minimum atomic E-state index is -0.906. The molecular weight excluding hydrogens is 482 g/mol. The molecular formula is C30H43N3O5. The monoisotopic (exact) mass is 525 g/mol. The molecule has 38 heavy (non-hydrogen) atoms. The first kappa shape index (κ1) is 30.7. The number of anilines is 1. The predicted molar refractivity (Wildman–Crippen MR) is 150 cm³/mol. The lowest BCUT2D eigenvalue weighted by molar-refractivity contribution is -0.141. The topological polar surface area (TPSA) is 97.0 Å². The van der Waals surface area contributed by atoms with Crippen molar-refractivity contribution in [3.05, 3.63) is 59.7 Å². The van der Waals surface area contributed by atoms with Crippen LogP contribution in [0.25, 0.3) is 0 Å². The molecule has 0 bridgehead atoms. The molecule has 0 aromatic heterocycles. The number of carbonyl (C=O) groups is 3. The van der Waals surface area contributed by atoms with Crippen LogP contribution in [0.2, 0.25) is 0 Å². The molecule has 3 atom stereocenters. The minimum Gasteiger partial charge on any atom is -0.497 e. The zero-order valence-corrected chi connectivity index (χ0v) is 24.0. The zero-order chi connectivity index (χ0) is 28.5. The maximum absolute atomic E-state index is 14.1. The molecule has 208 valence electrons. The number of methoxy groups -OCH3 is 1. The van der Waals surface area contributed by atoms with Crippen molar-refractivity contribution in [1.29, 1.82) is 0 Å². The Morgan fingerprint density at radius 1 is 1.03 bits per heavy atom. The van der Waals surface area contributed by atoms with E-state index in [0.717, 1.165) is 5.56 Å². The standard InChI is InChI=1S/C30H43N3O5/c1-9-18-33(28(35)25(21(4)10-2)32-29(36)38-30(5,6)7)26(22-13-11-12-20(3)19-22)27(34)31-23-14-16-24(37-8)17-15-23/h11-17,19,21,25-26H,9-10,18H2,1-8H3,(H,31,34)(H,32,36). The number of hydrogen-bond acceptors (Lipinski definition) is 5. The second-order valence-electron chi connectivity index (χ2n) is 10.6. The van der Waals surface area contributed by atoms with E-state index in [2.05, 4.69) is 10.6 Å². The average Bonchev–Trinajstić information content (AvgIpc) is 2.85. The first-order valence-corrected chi connectivity index (χ1v) is 13.2. The van der Waals surface area contributed by atoms with Crippen LogP contribution in [0.15, 0.2) is 48.5 Å². The molecule has 8 heteroatoms. The highest BCUT2D eigenvalue weighted by molar-refractivity contribution is 5.99. The van der Waals surface area contributed by atoms with Gasteiger partial charge in [-0.15, -0.1) is 0 Å². The fraction of sp³-hybridized carbons (Fsp3) is 0.500. The Labute approximate surface area is 227 Å². The third kappa shape index (κ3) is 8.78. The normalized spacial score (nSPS) is 13.6. The van der Waals surface area contributed by atoms with E-state index in [1.54, 1.807) is 57.0 Å². The third-order valence-corrected chi connectivity index (χ3v) is 6.17. The van der Waals surface area contributed by atoms with Gasteiger partial charge >= 0.3 is 6.09 Å². The molecule has 0 saturated carbocycles. The number of alkyl carbamates (subject to hydrolysis) is 1. The summed E-state index contributed by atoms with van der Waals surface area (Å²) in [6.07, 6.45) is 0.616. The molecule has 8 nitrogen and oxygen atoms in total. The predicted octanol–water partition coefficient (Wildman–Crippen LogP) is 5.86. The Morgan fingerprint density at radius 2 is 1.68 bits per heavy atom. The Bertz CT molecular complexity index is 1080. The number of hydrogen-bond donors (Lipinski definition) is 2. The molecule has 0 heterocycles. The fourth-order valence-corrected chi connectivity index (χ4v) is 4.10. The number of carbonyl (C=O) groups excluding carboxylic acids is 3. The highest BCUT2D eigenvalue weighted by Gasteiger charge is 2.37. The fourth-order valence-electron chi connectivity index (χ4n) is 4.10. The number of rotatable bonds is 11. The van der Waals surface area contributed by atoms with Crippen molar-refractivity contribution in [2.24, 2.45) is 5.92 Å². The smallest absolute Gasteiger partial charge is 0.408 e. The first-order valence-electron chi connectivity index (χ1n) is 13.2. The van der Waals surface area contributed by atoms with Gasteiger partial charge in [0.15, 0.2) is 0 Å². The molecule has 0 aliphatic heterocycles. The van der Waals surface area contributed by atoms with Crippen LogP contribution in [0.1, 0.15) is 71.6 Å². The van der Waals surface area contributed by atoms with E-state index in [0.29, 0.717) is 36.4 Å². The van der Waals surface area contributed by atoms with Crippen molar-refractivity contribution in [2.75, 3.05) is 19.0 Å². The summed E-state index contributed by atoms with van der Waals surface area (Å²) >= 11 is 0. The summed E-state index contributed by atoms with van der Waals surface area (Å²) < 4.78 is 10.7. The Balaban J connectivity index is 2.49. The zero-order valence-electron chi connectivity index (χ0n) is 24.0. The SMILES string of the molecule is CCCN(C(=O)C(NC(=O)OC(C)(C)C)C(C)CC)C(C(=O)Nc1ccc(OC)cc1)c1cccc(C)c1. The number of ether oxygens (including phenoxy) is 2. The van der Waals surface area contributed by atoms with E-state index in [1.807, 2.05) is 52.0 Å². The van der Waals surface area contributed by atoms with Gasteiger partial charge in [0.2, 0.25) is 5.91 Å². The lowest BCUT2D eigenvalue weighted by Gasteiger charge is -2.36. The molecule has 2 N–H and O–H groups in total. The van der Waals surface area contributed by atoms with E-state index in [9.17, 15) is 14.4 Å². The summed E-state index contributed by atoms with van der Waals surface area (Å²) in [7, 11) is 1.58. The van der Waals surface area contributed by atoms with Gasteiger partial charge in [-0.25, -0.2) is 4.79 Å². The number of nitrogens with one attached hydrogen (secondary N) is 2. The van der Waals surface area contributed by atoms with Crippen LogP contribution in [0, 0.1) is 12.8 Å². The van der Waals surface area contributed by atoms with Gasteiger partial charge in [-0.1, -0.05) is 57.0 Å². The van der Waals surface area contributed by atoms with Crippen molar-refractivity contribution in [3.8, 4) is 5.75 Å². The van der Waals surface area contributed by atoms with Gasteiger partial charge in [0.25, 0.3) is 5.91 Å². The van der Waals surface area contributed by atoms with E-state index >= 15 is 0 Å². The van der Waals surface area contributed by atoms with Crippen molar-refractivity contribution in [3.63, 3.8) is 0 Å². The van der Waals surface area contributed by atoms with Gasteiger partial charge in [0.05, 0.1) is 7.11 Å². The molecule has 2 rings (SSSR count). The molecule has 0 fully saturated rings. The largest absolute Gasteiger partial charge is 0.497 e. The highest BCUT2D eigenvalue weighted by atomic mass is 16.6. The molecule has 2 aromatic carbocycles. The molecule has 3 amide bonds. The van der Waals surface area contributed by atoms with Crippen molar-refractivity contribution >= 4 is 23.6 Å². The lowest BCUT2D eigenvalue weighted by atomic mass is 9.95. The summed E-state index contributed by atoms with van der Waals surface area (Å²) in [6, 6.07) is 12.8. The van der Waals surface area contributed by atoms with Crippen molar-refractivity contribution in [2.45, 2.75) is 79.0 Å². The van der Waals surface area contributed by atoms with Gasteiger partial charge < -0.3 is 25.0 Å². The summed E-state index contributed by atoms with van der Waals surface area (Å²) in [5.74, 6) is -0.186. The molecule has 0 aliphatic rings. The van der Waals surface area contributed by atoms with Gasteiger partial charge in [-0.3, -0.25) is 9.59 Å². The average molecular weight is 526 g/mol. The number of amides is 3. The Hall–Kier alpha value is -3.55.